The van der Waals surface area contributed by atoms with E-state index in [2.05, 4.69) is 13.5 Å². The van der Waals surface area contributed by atoms with Crippen molar-refractivity contribution in [1.82, 2.24) is 0 Å². The topological polar surface area (TPSA) is 35.5 Å². The van der Waals surface area contributed by atoms with Gasteiger partial charge < -0.3 is 9.47 Å². The van der Waals surface area contributed by atoms with Crippen LogP contribution in [0.2, 0.25) is 0 Å². The molecule has 142 valence electrons. The van der Waals surface area contributed by atoms with Gasteiger partial charge in [-0.15, -0.1) is 0 Å². The van der Waals surface area contributed by atoms with Crippen LogP contribution in [-0.2, 0) is 14.3 Å². The molecule has 3 unspecified atom stereocenters. The van der Waals surface area contributed by atoms with Crippen LogP contribution in [0.4, 0.5) is 0 Å². The van der Waals surface area contributed by atoms with Gasteiger partial charge in [0.25, 0.3) is 0 Å². The summed E-state index contributed by atoms with van der Waals surface area (Å²) >= 11 is 0. The first kappa shape index (κ1) is 17.2. The second-order valence-electron chi connectivity index (χ2n) is 9.90. The summed E-state index contributed by atoms with van der Waals surface area (Å²) in [4.78, 5) is 12.1. The van der Waals surface area contributed by atoms with Crippen molar-refractivity contribution in [2.75, 3.05) is 20.3 Å². The molecule has 4 aliphatic carbocycles. The summed E-state index contributed by atoms with van der Waals surface area (Å²) in [6, 6.07) is 0. The standard InChI is InChI=1S/C23H32O3/c1-14(12-25-3)17-4-5-18-16-11-21-20-10-15(24)6-9-23(20,13-26-21)19(16)7-8-22(17,18)2/h10,16-19,21H,1,4-9,11-13H2,2-3H3/t16?,17-,18?,19?,21-,22-,23+/m1/s1. The summed E-state index contributed by atoms with van der Waals surface area (Å²) in [5.74, 6) is 3.18. The highest BCUT2D eigenvalue weighted by atomic mass is 16.5. The molecule has 3 heteroatoms. The van der Waals surface area contributed by atoms with Crippen LogP contribution in [0.1, 0.15) is 51.9 Å². The molecule has 0 aromatic heterocycles. The third-order valence-corrected chi connectivity index (χ3v) is 9.05. The second-order valence-corrected chi connectivity index (χ2v) is 9.90. The van der Waals surface area contributed by atoms with Gasteiger partial charge in [-0.3, -0.25) is 4.79 Å². The SMILES string of the molecule is C=C(COC)[C@H]1CCC2C3C[C@H]4OC[C@@]5(CCC(=O)C=C45)C3CC[C@@]21C. The molecule has 1 heterocycles. The quantitative estimate of drug-likeness (QED) is 0.706. The molecule has 26 heavy (non-hydrogen) atoms. The summed E-state index contributed by atoms with van der Waals surface area (Å²) in [5.41, 5.74) is 3.23. The highest BCUT2D eigenvalue weighted by Gasteiger charge is 2.64. The number of ether oxygens (including phenoxy) is 2. The molecule has 1 aliphatic heterocycles. The Labute approximate surface area is 157 Å². The Balaban J connectivity index is 1.48. The van der Waals surface area contributed by atoms with E-state index in [0.717, 1.165) is 37.7 Å². The zero-order chi connectivity index (χ0) is 18.1. The van der Waals surface area contributed by atoms with Gasteiger partial charge in [-0.1, -0.05) is 13.5 Å². The molecule has 3 saturated carbocycles. The van der Waals surface area contributed by atoms with Crippen LogP contribution < -0.4 is 0 Å². The van der Waals surface area contributed by atoms with E-state index in [1.54, 1.807) is 7.11 Å². The molecule has 0 amide bonds. The van der Waals surface area contributed by atoms with E-state index < -0.39 is 0 Å². The average Bonchev–Trinajstić information content (AvgIpc) is 3.09. The zero-order valence-electron chi connectivity index (χ0n) is 16.3. The fraction of sp³-hybridized carbons (Fsp3) is 0.783. The van der Waals surface area contributed by atoms with E-state index in [-0.39, 0.29) is 11.5 Å². The third-order valence-electron chi connectivity index (χ3n) is 9.05. The highest BCUT2D eigenvalue weighted by molar-refractivity contribution is 5.92. The van der Waals surface area contributed by atoms with Gasteiger partial charge in [-0.05, 0) is 84.8 Å². The molecule has 1 saturated heterocycles. The largest absolute Gasteiger partial charge is 0.380 e. The minimum atomic E-state index is 0.185. The lowest BCUT2D eigenvalue weighted by molar-refractivity contribution is -0.117. The Morgan fingerprint density at radius 1 is 1.31 bits per heavy atom. The summed E-state index contributed by atoms with van der Waals surface area (Å²) in [6.07, 6.45) is 10.2. The van der Waals surface area contributed by atoms with Crippen LogP contribution >= 0.6 is 0 Å². The fourth-order valence-corrected chi connectivity index (χ4v) is 8.00. The number of hydrogen-bond donors (Lipinski definition) is 0. The molecule has 0 aromatic carbocycles. The number of fused-ring (bicyclic) bond motifs is 3. The van der Waals surface area contributed by atoms with E-state index in [1.807, 2.05) is 6.08 Å². The number of carbonyl (C=O) groups is 1. The van der Waals surface area contributed by atoms with Crippen molar-refractivity contribution < 1.29 is 14.3 Å². The molecule has 0 aromatic rings. The van der Waals surface area contributed by atoms with E-state index in [0.29, 0.717) is 29.6 Å². The van der Waals surface area contributed by atoms with Crippen LogP contribution in [0.5, 0.6) is 0 Å². The van der Waals surface area contributed by atoms with Crippen molar-refractivity contribution in [2.45, 2.75) is 58.0 Å². The number of hydrogen-bond acceptors (Lipinski definition) is 3. The Kier molecular flexibility index (Phi) is 3.82. The Bertz CT molecular complexity index is 679. The molecule has 0 radical (unpaired) electrons. The third kappa shape index (κ3) is 2.10. The molecule has 2 bridgehead atoms. The van der Waals surface area contributed by atoms with Crippen molar-refractivity contribution >= 4 is 5.78 Å². The van der Waals surface area contributed by atoms with Crippen molar-refractivity contribution in [3.05, 3.63) is 23.8 Å². The molecule has 5 rings (SSSR count). The predicted molar refractivity (Wildman–Crippen MR) is 101 cm³/mol. The van der Waals surface area contributed by atoms with Crippen molar-refractivity contribution in [1.29, 1.82) is 0 Å². The van der Waals surface area contributed by atoms with Crippen molar-refractivity contribution in [3.8, 4) is 0 Å². The van der Waals surface area contributed by atoms with Gasteiger partial charge in [-0.2, -0.15) is 0 Å². The lowest BCUT2D eigenvalue weighted by Gasteiger charge is -2.57. The number of carbonyl (C=O) groups excluding carboxylic acids is 1. The first-order chi connectivity index (χ1) is 12.5. The van der Waals surface area contributed by atoms with E-state index in [4.69, 9.17) is 9.47 Å². The molecule has 3 nitrogen and oxygen atoms in total. The maximum absolute atomic E-state index is 12.1. The van der Waals surface area contributed by atoms with Gasteiger partial charge in [0.05, 0.1) is 19.3 Å². The summed E-state index contributed by atoms with van der Waals surface area (Å²) in [6.45, 7) is 8.48. The minimum absolute atomic E-state index is 0.185. The minimum Gasteiger partial charge on any atom is -0.380 e. The Hall–Kier alpha value is -0.930. The van der Waals surface area contributed by atoms with Gasteiger partial charge in [0.2, 0.25) is 0 Å². The Morgan fingerprint density at radius 3 is 2.96 bits per heavy atom. The molecule has 0 spiro atoms. The summed E-state index contributed by atoms with van der Waals surface area (Å²) < 4.78 is 11.7. The van der Waals surface area contributed by atoms with Crippen LogP contribution in [0.3, 0.4) is 0 Å². The predicted octanol–water partition coefficient (Wildman–Crippen LogP) is 4.33. The molecule has 4 fully saturated rings. The summed E-state index contributed by atoms with van der Waals surface area (Å²) in [5, 5.41) is 0. The Morgan fingerprint density at radius 2 is 2.15 bits per heavy atom. The van der Waals surface area contributed by atoms with Crippen molar-refractivity contribution in [3.63, 3.8) is 0 Å². The number of rotatable bonds is 3. The van der Waals surface area contributed by atoms with E-state index >= 15 is 0 Å². The fourth-order valence-electron chi connectivity index (χ4n) is 8.00. The number of methoxy groups -OCH3 is 1. The van der Waals surface area contributed by atoms with Gasteiger partial charge in [-0.25, -0.2) is 0 Å². The van der Waals surface area contributed by atoms with Crippen LogP contribution in [0, 0.1) is 34.5 Å². The monoisotopic (exact) mass is 356 g/mol. The molecule has 5 aliphatic rings. The maximum atomic E-state index is 12.1. The van der Waals surface area contributed by atoms with Crippen LogP contribution in [0.15, 0.2) is 23.8 Å². The van der Waals surface area contributed by atoms with Crippen LogP contribution in [0.25, 0.3) is 0 Å². The maximum Gasteiger partial charge on any atom is 0.155 e. The van der Waals surface area contributed by atoms with Gasteiger partial charge in [0.1, 0.15) is 0 Å². The first-order valence-corrected chi connectivity index (χ1v) is 10.5. The second kappa shape index (κ2) is 5.78. The lowest BCUT2D eigenvalue weighted by Crippen LogP contribution is -2.52. The molecule has 7 atom stereocenters. The van der Waals surface area contributed by atoms with E-state index in [9.17, 15) is 4.79 Å². The first-order valence-electron chi connectivity index (χ1n) is 10.5. The number of ketones is 1. The normalized spacial score (nSPS) is 49.2. The molecular formula is C23H32O3. The van der Waals surface area contributed by atoms with Crippen molar-refractivity contribution in [2.24, 2.45) is 34.5 Å². The summed E-state index contributed by atoms with van der Waals surface area (Å²) in [7, 11) is 1.78. The van der Waals surface area contributed by atoms with Gasteiger partial charge in [0.15, 0.2) is 5.78 Å². The highest BCUT2D eigenvalue weighted by Crippen LogP contribution is 2.69. The van der Waals surface area contributed by atoms with Gasteiger partial charge in [0, 0.05) is 18.9 Å². The molecule has 0 N–H and O–H groups in total. The molecular weight excluding hydrogens is 324 g/mol. The van der Waals surface area contributed by atoms with Crippen LogP contribution in [-0.4, -0.2) is 32.2 Å². The van der Waals surface area contributed by atoms with E-state index in [1.165, 1.54) is 36.8 Å². The smallest absolute Gasteiger partial charge is 0.155 e. The van der Waals surface area contributed by atoms with Gasteiger partial charge >= 0.3 is 0 Å². The zero-order valence-corrected chi connectivity index (χ0v) is 16.3. The lowest BCUT2D eigenvalue weighted by atomic mass is 9.46. The average molecular weight is 357 g/mol.